The number of rotatable bonds is 11. The molecule has 0 aliphatic carbocycles. The number of amides is 1. The molecule has 37 heavy (non-hydrogen) atoms. The highest BCUT2D eigenvalue weighted by molar-refractivity contribution is 5.94. The standard InChI is InChI=1S/C29H27FN2O5/c1-19-26(32-29(37-19)21-6-3-2-4-7-21)14-15-36-25-12-10-20(11-13-27(33)34)23(17-25)18-31-28(35)22-8-5-9-24(30)16-22/h2-10,12,16-17H,11,13-15,18H2,1H3,(H,31,35)(H,33,34). The summed E-state index contributed by atoms with van der Waals surface area (Å²) in [4.78, 5) is 28.2. The van der Waals surface area contributed by atoms with Gasteiger partial charge in [-0.25, -0.2) is 9.37 Å². The van der Waals surface area contributed by atoms with Crippen LogP contribution in [0.15, 0.2) is 77.2 Å². The summed E-state index contributed by atoms with van der Waals surface area (Å²) >= 11 is 0. The van der Waals surface area contributed by atoms with Gasteiger partial charge in [0, 0.05) is 30.5 Å². The third-order valence-corrected chi connectivity index (χ3v) is 5.83. The van der Waals surface area contributed by atoms with Crippen LogP contribution in [0.25, 0.3) is 11.5 Å². The maximum absolute atomic E-state index is 13.5. The normalized spacial score (nSPS) is 10.8. The van der Waals surface area contributed by atoms with E-state index in [1.165, 1.54) is 18.2 Å². The SMILES string of the molecule is Cc1oc(-c2ccccc2)nc1CCOc1ccc(CCC(=O)O)c(CNC(=O)c2cccc(F)c2)c1. The molecule has 0 unspecified atom stereocenters. The molecule has 2 N–H and O–H groups in total. The number of hydrogen-bond acceptors (Lipinski definition) is 5. The first-order valence-electron chi connectivity index (χ1n) is 11.9. The van der Waals surface area contributed by atoms with Crippen molar-refractivity contribution < 1.29 is 28.2 Å². The van der Waals surface area contributed by atoms with Crippen molar-refractivity contribution in [1.82, 2.24) is 10.3 Å². The van der Waals surface area contributed by atoms with Crippen molar-refractivity contribution in [3.8, 4) is 17.2 Å². The Hall–Kier alpha value is -4.46. The lowest BCUT2D eigenvalue weighted by atomic mass is 10.0. The summed E-state index contributed by atoms with van der Waals surface area (Å²) in [6, 6.07) is 20.5. The van der Waals surface area contributed by atoms with E-state index in [1.54, 1.807) is 18.2 Å². The fraction of sp³-hybridized carbons (Fsp3) is 0.207. The molecule has 7 nitrogen and oxygen atoms in total. The van der Waals surface area contributed by atoms with Gasteiger partial charge in [0.1, 0.15) is 17.3 Å². The minimum Gasteiger partial charge on any atom is -0.493 e. The third kappa shape index (κ3) is 7.04. The van der Waals surface area contributed by atoms with Crippen LogP contribution in [0.3, 0.4) is 0 Å². The van der Waals surface area contributed by atoms with Gasteiger partial charge in [-0.05, 0) is 66.9 Å². The summed E-state index contributed by atoms with van der Waals surface area (Å²) in [5.41, 5.74) is 3.43. The van der Waals surface area contributed by atoms with E-state index in [1.807, 2.05) is 37.3 Å². The molecular weight excluding hydrogens is 475 g/mol. The molecule has 0 bridgehead atoms. The van der Waals surface area contributed by atoms with E-state index in [0.717, 1.165) is 34.2 Å². The number of hydrogen-bond donors (Lipinski definition) is 2. The monoisotopic (exact) mass is 502 g/mol. The molecule has 1 amide bonds. The molecule has 0 saturated carbocycles. The predicted molar refractivity (Wildman–Crippen MR) is 136 cm³/mol. The van der Waals surface area contributed by atoms with E-state index in [0.29, 0.717) is 31.1 Å². The maximum Gasteiger partial charge on any atom is 0.303 e. The molecule has 0 aliphatic heterocycles. The Morgan fingerprint density at radius 2 is 1.81 bits per heavy atom. The number of ether oxygens (including phenoxy) is 1. The van der Waals surface area contributed by atoms with Crippen LogP contribution in [0.4, 0.5) is 4.39 Å². The number of aliphatic carboxylic acids is 1. The minimum absolute atomic E-state index is 0.0414. The van der Waals surface area contributed by atoms with Gasteiger partial charge >= 0.3 is 5.97 Å². The van der Waals surface area contributed by atoms with Crippen molar-refractivity contribution in [2.24, 2.45) is 0 Å². The van der Waals surface area contributed by atoms with E-state index in [-0.39, 0.29) is 18.5 Å². The van der Waals surface area contributed by atoms with Crippen LogP contribution in [-0.2, 0) is 24.2 Å². The molecule has 1 aromatic heterocycles. The predicted octanol–water partition coefficient (Wildman–Crippen LogP) is 5.36. The Morgan fingerprint density at radius 3 is 2.57 bits per heavy atom. The van der Waals surface area contributed by atoms with Crippen LogP contribution in [0.5, 0.6) is 5.75 Å². The van der Waals surface area contributed by atoms with E-state index < -0.39 is 17.7 Å². The highest BCUT2D eigenvalue weighted by Crippen LogP contribution is 2.23. The number of nitrogens with one attached hydrogen (secondary N) is 1. The third-order valence-electron chi connectivity index (χ3n) is 5.83. The first-order chi connectivity index (χ1) is 17.9. The van der Waals surface area contributed by atoms with Crippen molar-refractivity contribution in [3.63, 3.8) is 0 Å². The summed E-state index contributed by atoms with van der Waals surface area (Å²) in [6.07, 6.45) is 0.802. The Bertz CT molecular complexity index is 1380. The number of halogens is 1. The van der Waals surface area contributed by atoms with Crippen molar-refractivity contribution in [2.45, 2.75) is 32.7 Å². The van der Waals surface area contributed by atoms with Crippen LogP contribution < -0.4 is 10.1 Å². The largest absolute Gasteiger partial charge is 0.493 e. The lowest BCUT2D eigenvalue weighted by Crippen LogP contribution is -2.23. The van der Waals surface area contributed by atoms with Crippen molar-refractivity contribution in [2.75, 3.05) is 6.61 Å². The molecule has 0 atom stereocenters. The second kappa shape index (κ2) is 12.0. The number of carboxylic acid groups (broad SMARTS) is 1. The smallest absolute Gasteiger partial charge is 0.303 e. The average Bonchev–Trinajstić information content (AvgIpc) is 3.27. The maximum atomic E-state index is 13.5. The molecule has 0 saturated heterocycles. The summed E-state index contributed by atoms with van der Waals surface area (Å²) in [5.74, 6) is 0.0417. The molecule has 4 aromatic rings. The fourth-order valence-electron chi connectivity index (χ4n) is 3.88. The van der Waals surface area contributed by atoms with Crippen molar-refractivity contribution in [3.05, 3.63) is 107 Å². The Kier molecular flexibility index (Phi) is 8.30. The number of carboxylic acids is 1. The van der Waals surface area contributed by atoms with Crippen LogP contribution in [0, 0.1) is 12.7 Å². The summed E-state index contributed by atoms with van der Waals surface area (Å²) < 4.78 is 25.2. The van der Waals surface area contributed by atoms with Gasteiger partial charge in [0.15, 0.2) is 0 Å². The van der Waals surface area contributed by atoms with Crippen molar-refractivity contribution in [1.29, 1.82) is 0 Å². The van der Waals surface area contributed by atoms with Gasteiger partial charge in [0.05, 0.1) is 12.3 Å². The Balaban J connectivity index is 1.42. The zero-order valence-electron chi connectivity index (χ0n) is 20.4. The topological polar surface area (TPSA) is 102 Å². The Labute approximate surface area is 213 Å². The zero-order chi connectivity index (χ0) is 26.2. The Morgan fingerprint density at radius 1 is 1.00 bits per heavy atom. The van der Waals surface area contributed by atoms with Gasteiger partial charge in [0.2, 0.25) is 5.89 Å². The van der Waals surface area contributed by atoms with Crippen molar-refractivity contribution >= 4 is 11.9 Å². The molecule has 1 heterocycles. The number of benzene rings is 3. The summed E-state index contributed by atoms with van der Waals surface area (Å²) in [5, 5.41) is 11.9. The average molecular weight is 503 g/mol. The molecular formula is C29H27FN2O5. The number of aromatic nitrogens is 1. The highest BCUT2D eigenvalue weighted by atomic mass is 19.1. The van der Waals surface area contributed by atoms with Crippen LogP contribution in [-0.4, -0.2) is 28.6 Å². The summed E-state index contributed by atoms with van der Waals surface area (Å²) in [7, 11) is 0. The quantitative estimate of drug-likeness (QED) is 0.286. The molecule has 0 spiro atoms. The molecule has 3 aromatic carbocycles. The molecule has 8 heteroatoms. The zero-order valence-corrected chi connectivity index (χ0v) is 20.4. The number of carbonyl (C=O) groups excluding carboxylic acids is 1. The molecule has 0 radical (unpaired) electrons. The van der Waals surface area contributed by atoms with E-state index in [4.69, 9.17) is 14.3 Å². The lowest BCUT2D eigenvalue weighted by Gasteiger charge is -2.13. The minimum atomic E-state index is -0.909. The van der Waals surface area contributed by atoms with Crippen LogP contribution >= 0.6 is 0 Å². The van der Waals surface area contributed by atoms with E-state index in [9.17, 15) is 14.0 Å². The lowest BCUT2D eigenvalue weighted by molar-refractivity contribution is -0.136. The fourth-order valence-corrected chi connectivity index (χ4v) is 3.88. The number of nitrogens with zero attached hydrogens (tertiary/aromatic N) is 1. The number of carbonyl (C=O) groups is 2. The highest BCUT2D eigenvalue weighted by Gasteiger charge is 2.13. The van der Waals surface area contributed by atoms with E-state index in [2.05, 4.69) is 10.3 Å². The first-order valence-corrected chi connectivity index (χ1v) is 11.9. The molecule has 190 valence electrons. The molecule has 0 aliphatic rings. The van der Waals surface area contributed by atoms with Gasteiger partial charge in [-0.1, -0.05) is 30.3 Å². The van der Waals surface area contributed by atoms with Gasteiger partial charge in [-0.2, -0.15) is 0 Å². The van der Waals surface area contributed by atoms with Crippen LogP contribution in [0.1, 0.15) is 39.4 Å². The molecule has 4 rings (SSSR count). The molecule has 0 fully saturated rings. The number of aryl methyl sites for hydroxylation is 2. The summed E-state index contributed by atoms with van der Waals surface area (Å²) in [6.45, 7) is 2.36. The second-order valence-corrected chi connectivity index (χ2v) is 8.50. The second-order valence-electron chi connectivity index (χ2n) is 8.50. The first kappa shape index (κ1) is 25.6. The van der Waals surface area contributed by atoms with E-state index >= 15 is 0 Å². The van der Waals surface area contributed by atoms with Crippen LogP contribution in [0.2, 0.25) is 0 Å². The van der Waals surface area contributed by atoms with Gasteiger partial charge in [-0.3, -0.25) is 9.59 Å². The van der Waals surface area contributed by atoms with Gasteiger partial charge < -0.3 is 19.6 Å². The van der Waals surface area contributed by atoms with Gasteiger partial charge in [0.25, 0.3) is 5.91 Å². The number of oxazole rings is 1. The van der Waals surface area contributed by atoms with Gasteiger partial charge in [-0.15, -0.1) is 0 Å².